The number of hydrogen-bond acceptors (Lipinski definition) is 3. The summed E-state index contributed by atoms with van der Waals surface area (Å²) in [6, 6.07) is 8.76. The zero-order valence-corrected chi connectivity index (χ0v) is 13.4. The Morgan fingerprint density at radius 3 is 3.10 bits per heavy atom. The Morgan fingerprint density at radius 2 is 2.24 bits per heavy atom. The minimum atomic E-state index is 0.641. The van der Waals surface area contributed by atoms with E-state index < -0.39 is 0 Å². The van der Waals surface area contributed by atoms with E-state index in [4.69, 9.17) is 0 Å². The van der Waals surface area contributed by atoms with Crippen molar-refractivity contribution in [3.05, 3.63) is 48.0 Å². The van der Waals surface area contributed by atoms with Crippen LogP contribution in [-0.4, -0.2) is 27.9 Å². The number of nitrogens with zero attached hydrogens (tertiary/aromatic N) is 2. The van der Waals surface area contributed by atoms with Crippen molar-refractivity contribution < 1.29 is 0 Å². The molecule has 1 aliphatic rings. The fourth-order valence-corrected chi connectivity index (χ4v) is 4.07. The molecule has 0 bridgehead atoms. The topological polar surface area (TPSA) is 29.9 Å². The number of hydrogen-bond donors (Lipinski definition) is 1. The van der Waals surface area contributed by atoms with Crippen LogP contribution in [0.2, 0.25) is 0 Å². The monoisotopic (exact) mass is 301 g/mol. The average Bonchev–Trinajstić information content (AvgIpc) is 3.10. The summed E-state index contributed by atoms with van der Waals surface area (Å²) in [5.41, 5.74) is 2.69. The van der Waals surface area contributed by atoms with Gasteiger partial charge < -0.3 is 9.88 Å². The summed E-state index contributed by atoms with van der Waals surface area (Å²) in [5.74, 6) is 0. The molecule has 0 fully saturated rings. The van der Waals surface area contributed by atoms with Crippen LogP contribution < -0.4 is 5.32 Å². The number of nitrogens with one attached hydrogen (secondary N) is 1. The molecule has 0 radical (unpaired) electrons. The van der Waals surface area contributed by atoms with Gasteiger partial charge in [-0.1, -0.05) is 25.1 Å². The Labute approximate surface area is 131 Å². The maximum atomic E-state index is 4.52. The van der Waals surface area contributed by atoms with Crippen molar-refractivity contribution in [1.29, 1.82) is 0 Å². The summed E-state index contributed by atoms with van der Waals surface area (Å²) < 4.78 is 2.25. The van der Waals surface area contributed by atoms with Gasteiger partial charge in [-0.25, -0.2) is 4.98 Å². The van der Waals surface area contributed by atoms with Gasteiger partial charge >= 0.3 is 0 Å². The molecule has 1 atom stereocenters. The molecule has 0 aliphatic carbocycles. The largest absolute Gasteiger partial charge is 0.336 e. The molecule has 4 heteroatoms. The standard InChI is InChI=1S/C17H23N3S/c1-2-8-18-9-7-15-11-20(13-19-15)12-16-10-14-5-3-4-6-17(14)21-16/h3-6,11,13,16,18H,2,7-10,12H2,1H3. The van der Waals surface area contributed by atoms with Crippen LogP contribution in [0.25, 0.3) is 0 Å². The van der Waals surface area contributed by atoms with Crippen molar-refractivity contribution in [3.8, 4) is 0 Å². The van der Waals surface area contributed by atoms with Crippen LogP contribution in [0.5, 0.6) is 0 Å². The maximum absolute atomic E-state index is 4.52. The summed E-state index contributed by atoms with van der Waals surface area (Å²) in [4.78, 5) is 5.97. The summed E-state index contributed by atoms with van der Waals surface area (Å²) in [6.45, 7) is 5.36. The molecule has 1 unspecified atom stereocenters. The number of thioether (sulfide) groups is 1. The van der Waals surface area contributed by atoms with Crippen molar-refractivity contribution in [2.75, 3.05) is 13.1 Å². The molecule has 0 spiro atoms. The Balaban J connectivity index is 1.49. The molecule has 0 saturated heterocycles. The maximum Gasteiger partial charge on any atom is 0.0949 e. The Hall–Kier alpha value is -1.26. The third-order valence-electron chi connectivity index (χ3n) is 3.80. The Kier molecular flexibility index (Phi) is 4.99. The van der Waals surface area contributed by atoms with E-state index >= 15 is 0 Å². The molecular weight excluding hydrogens is 278 g/mol. The lowest BCUT2D eigenvalue weighted by Gasteiger charge is -2.08. The second-order valence-corrected chi connectivity index (χ2v) is 6.96. The van der Waals surface area contributed by atoms with Crippen molar-refractivity contribution in [2.24, 2.45) is 0 Å². The SMILES string of the molecule is CCCNCCc1cn(CC2Cc3ccccc3S2)cn1. The van der Waals surface area contributed by atoms with E-state index in [1.807, 2.05) is 18.1 Å². The van der Waals surface area contributed by atoms with E-state index in [0.29, 0.717) is 5.25 Å². The predicted octanol–water partition coefficient (Wildman–Crippen LogP) is 3.14. The lowest BCUT2D eigenvalue weighted by Crippen LogP contribution is -2.17. The Morgan fingerprint density at radius 1 is 1.33 bits per heavy atom. The van der Waals surface area contributed by atoms with Gasteiger partial charge in [0.1, 0.15) is 0 Å². The summed E-state index contributed by atoms with van der Waals surface area (Å²) >= 11 is 2.00. The molecule has 2 aromatic rings. The number of benzene rings is 1. The minimum absolute atomic E-state index is 0.641. The molecule has 21 heavy (non-hydrogen) atoms. The molecular formula is C17H23N3S. The fourth-order valence-electron chi connectivity index (χ4n) is 2.74. The highest BCUT2D eigenvalue weighted by Gasteiger charge is 2.21. The van der Waals surface area contributed by atoms with Crippen LogP contribution in [0.1, 0.15) is 24.6 Å². The van der Waals surface area contributed by atoms with Gasteiger partial charge in [-0.2, -0.15) is 0 Å². The second-order valence-electron chi connectivity index (χ2n) is 5.61. The van der Waals surface area contributed by atoms with Crippen LogP contribution in [0.15, 0.2) is 41.7 Å². The van der Waals surface area contributed by atoms with Crippen LogP contribution in [0.3, 0.4) is 0 Å². The van der Waals surface area contributed by atoms with Gasteiger partial charge in [-0.15, -0.1) is 11.8 Å². The molecule has 112 valence electrons. The number of imidazole rings is 1. The molecule has 3 nitrogen and oxygen atoms in total. The highest BCUT2D eigenvalue weighted by atomic mass is 32.2. The quantitative estimate of drug-likeness (QED) is 0.797. The first kappa shape index (κ1) is 14.7. The van der Waals surface area contributed by atoms with Gasteiger partial charge in [0.25, 0.3) is 0 Å². The Bertz CT molecular complexity index is 554. The first-order valence-corrected chi connectivity index (χ1v) is 8.69. The zero-order valence-electron chi connectivity index (χ0n) is 12.6. The van der Waals surface area contributed by atoms with Crippen molar-refractivity contribution in [2.45, 2.75) is 42.9 Å². The molecule has 1 aliphatic heterocycles. The number of aromatic nitrogens is 2. The first-order valence-electron chi connectivity index (χ1n) is 7.81. The van der Waals surface area contributed by atoms with Gasteiger partial charge in [0, 0.05) is 35.9 Å². The highest BCUT2D eigenvalue weighted by Crippen LogP contribution is 2.37. The van der Waals surface area contributed by atoms with E-state index in [1.165, 1.54) is 29.0 Å². The normalized spacial score (nSPS) is 17.1. The minimum Gasteiger partial charge on any atom is -0.336 e. The molecule has 1 aromatic carbocycles. The summed E-state index contributed by atoms with van der Waals surface area (Å²) in [5, 5.41) is 4.07. The van der Waals surface area contributed by atoms with Gasteiger partial charge in [-0.05, 0) is 31.0 Å². The summed E-state index contributed by atoms with van der Waals surface area (Å²) in [7, 11) is 0. The number of rotatable bonds is 7. The molecule has 1 N–H and O–H groups in total. The molecule has 0 saturated carbocycles. The van der Waals surface area contributed by atoms with Crippen LogP contribution in [0.4, 0.5) is 0 Å². The third kappa shape index (κ3) is 3.89. The lowest BCUT2D eigenvalue weighted by atomic mass is 10.1. The van der Waals surface area contributed by atoms with E-state index in [0.717, 1.165) is 26.1 Å². The average molecular weight is 301 g/mol. The highest BCUT2D eigenvalue weighted by molar-refractivity contribution is 8.00. The summed E-state index contributed by atoms with van der Waals surface area (Å²) in [6.07, 6.45) is 7.57. The fraction of sp³-hybridized carbons (Fsp3) is 0.471. The molecule has 0 amide bonds. The zero-order chi connectivity index (χ0) is 14.5. The van der Waals surface area contributed by atoms with E-state index in [1.54, 1.807) is 0 Å². The van der Waals surface area contributed by atoms with Crippen LogP contribution >= 0.6 is 11.8 Å². The van der Waals surface area contributed by atoms with Gasteiger partial charge in [0.15, 0.2) is 0 Å². The van der Waals surface area contributed by atoms with E-state index in [-0.39, 0.29) is 0 Å². The molecule has 3 rings (SSSR count). The van der Waals surface area contributed by atoms with Crippen molar-refractivity contribution in [1.82, 2.24) is 14.9 Å². The number of fused-ring (bicyclic) bond motifs is 1. The van der Waals surface area contributed by atoms with Gasteiger partial charge in [0.2, 0.25) is 0 Å². The third-order valence-corrected chi connectivity index (χ3v) is 5.10. The van der Waals surface area contributed by atoms with Gasteiger partial charge in [-0.3, -0.25) is 0 Å². The van der Waals surface area contributed by atoms with Crippen LogP contribution in [-0.2, 0) is 19.4 Å². The predicted molar refractivity (Wildman–Crippen MR) is 88.9 cm³/mol. The second kappa shape index (κ2) is 7.14. The molecule has 2 heterocycles. The van der Waals surface area contributed by atoms with Gasteiger partial charge in [0.05, 0.1) is 12.0 Å². The first-order chi connectivity index (χ1) is 10.3. The lowest BCUT2D eigenvalue weighted by molar-refractivity contribution is 0.657. The smallest absolute Gasteiger partial charge is 0.0949 e. The molecule has 1 aromatic heterocycles. The van der Waals surface area contributed by atoms with E-state index in [9.17, 15) is 0 Å². The van der Waals surface area contributed by atoms with Crippen molar-refractivity contribution in [3.63, 3.8) is 0 Å². The van der Waals surface area contributed by atoms with Crippen LogP contribution in [0, 0.1) is 0 Å². The van der Waals surface area contributed by atoms with Crippen molar-refractivity contribution >= 4 is 11.8 Å². The van der Waals surface area contributed by atoms with E-state index in [2.05, 4.69) is 52.3 Å².